The monoisotopic (exact) mass is 271 g/mol. The summed E-state index contributed by atoms with van der Waals surface area (Å²) in [5, 5.41) is 3.56. The summed E-state index contributed by atoms with van der Waals surface area (Å²) in [6.45, 7) is 10.5. The lowest BCUT2D eigenvalue weighted by Gasteiger charge is -2.53. The van der Waals surface area contributed by atoms with Gasteiger partial charge in [-0.05, 0) is 39.7 Å². The quantitative estimate of drug-likeness (QED) is 0.517. The highest BCUT2D eigenvalue weighted by Crippen LogP contribution is 2.45. The normalized spacial score (nSPS) is 29.9. The highest BCUT2D eigenvalue weighted by molar-refractivity contribution is 5.69. The Kier molecular flexibility index (Phi) is 6.80. The lowest BCUT2D eigenvalue weighted by Crippen LogP contribution is -2.62. The van der Waals surface area contributed by atoms with Crippen molar-refractivity contribution in [2.45, 2.75) is 65.5 Å². The number of esters is 1. The van der Waals surface area contributed by atoms with Gasteiger partial charge in [-0.1, -0.05) is 13.8 Å². The predicted molar refractivity (Wildman–Crippen MR) is 76.1 cm³/mol. The van der Waals surface area contributed by atoms with E-state index in [9.17, 15) is 4.79 Å². The van der Waals surface area contributed by atoms with Crippen LogP contribution in [0.1, 0.15) is 53.4 Å². The third-order valence-corrected chi connectivity index (χ3v) is 4.36. The Morgan fingerprint density at radius 3 is 2.63 bits per heavy atom. The van der Waals surface area contributed by atoms with Crippen LogP contribution in [-0.4, -0.2) is 37.9 Å². The van der Waals surface area contributed by atoms with E-state index in [2.05, 4.69) is 26.1 Å². The van der Waals surface area contributed by atoms with Crippen molar-refractivity contribution in [2.75, 3.05) is 19.8 Å². The van der Waals surface area contributed by atoms with Crippen LogP contribution >= 0.6 is 0 Å². The Morgan fingerprint density at radius 2 is 2.05 bits per heavy atom. The van der Waals surface area contributed by atoms with Gasteiger partial charge in [0, 0.05) is 24.5 Å². The van der Waals surface area contributed by atoms with E-state index in [0.29, 0.717) is 25.2 Å². The fourth-order valence-corrected chi connectivity index (χ4v) is 2.81. The Hall–Kier alpha value is -0.610. The summed E-state index contributed by atoms with van der Waals surface area (Å²) in [7, 11) is 0. The maximum atomic E-state index is 11.2. The molecule has 1 fully saturated rings. The van der Waals surface area contributed by atoms with Crippen LogP contribution in [0.2, 0.25) is 0 Å². The Balaban J connectivity index is 2.22. The topological polar surface area (TPSA) is 47.6 Å². The van der Waals surface area contributed by atoms with Crippen LogP contribution in [0.3, 0.4) is 0 Å². The summed E-state index contributed by atoms with van der Waals surface area (Å²) in [6.07, 6.45) is 3.93. The van der Waals surface area contributed by atoms with E-state index in [1.807, 2.05) is 6.92 Å². The Morgan fingerprint density at radius 1 is 1.32 bits per heavy atom. The molecule has 1 saturated carbocycles. The van der Waals surface area contributed by atoms with E-state index in [1.54, 1.807) is 0 Å². The van der Waals surface area contributed by atoms with E-state index in [0.717, 1.165) is 32.4 Å². The van der Waals surface area contributed by atoms with Crippen molar-refractivity contribution in [1.29, 1.82) is 0 Å². The summed E-state index contributed by atoms with van der Waals surface area (Å²) < 4.78 is 10.7. The second kappa shape index (κ2) is 7.85. The fraction of sp³-hybridized carbons (Fsp3) is 0.933. The number of hydrogen-bond acceptors (Lipinski definition) is 4. The van der Waals surface area contributed by atoms with Crippen molar-refractivity contribution in [3.05, 3.63) is 0 Å². The molecule has 0 heterocycles. The van der Waals surface area contributed by atoms with Crippen LogP contribution in [0.15, 0.2) is 0 Å². The van der Waals surface area contributed by atoms with E-state index in [1.165, 1.54) is 0 Å². The van der Waals surface area contributed by atoms with Gasteiger partial charge in [0.15, 0.2) is 0 Å². The number of rotatable bonds is 9. The summed E-state index contributed by atoms with van der Waals surface area (Å²) >= 11 is 0. The molecule has 0 radical (unpaired) electrons. The number of hydrogen-bond donors (Lipinski definition) is 1. The molecule has 0 aliphatic heterocycles. The molecule has 112 valence electrons. The molecule has 1 aliphatic carbocycles. The second-order valence-electron chi connectivity index (χ2n) is 5.45. The lowest BCUT2D eigenvalue weighted by molar-refractivity contribution is -0.143. The minimum absolute atomic E-state index is 0.0941. The van der Waals surface area contributed by atoms with E-state index in [4.69, 9.17) is 9.47 Å². The molecular weight excluding hydrogens is 242 g/mol. The van der Waals surface area contributed by atoms with E-state index < -0.39 is 0 Å². The second-order valence-corrected chi connectivity index (χ2v) is 5.45. The minimum Gasteiger partial charge on any atom is -0.466 e. The number of nitrogens with one attached hydrogen (secondary N) is 1. The third-order valence-electron chi connectivity index (χ3n) is 4.36. The summed E-state index contributed by atoms with van der Waals surface area (Å²) in [6, 6.07) is 0.510. The summed E-state index contributed by atoms with van der Waals surface area (Å²) in [5.41, 5.74) is 0.236. The molecule has 0 bridgehead atoms. The first-order valence-corrected chi connectivity index (χ1v) is 7.59. The maximum absolute atomic E-state index is 11.2. The summed E-state index contributed by atoms with van der Waals surface area (Å²) in [5.74, 6) is -0.0941. The van der Waals surface area contributed by atoms with Crippen LogP contribution < -0.4 is 5.32 Å². The Labute approximate surface area is 117 Å². The third kappa shape index (κ3) is 4.18. The van der Waals surface area contributed by atoms with Crippen molar-refractivity contribution in [3.63, 3.8) is 0 Å². The SMILES string of the molecule is CCOC(=O)CCCNC1CC(OCC)C1(C)CC. The van der Waals surface area contributed by atoms with Crippen LogP contribution in [-0.2, 0) is 14.3 Å². The fourth-order valence-electron chi connectivity index (χ4n) is 2.81. The highest BCUT2D eigenvalue weighted by Gasteiger charge is 2.50. The van der Waals surface area contributed by atoms with Gasteiger partial charge in [-0.25, -0.2) is 0 Å². The van der Waals surface area contributed by atoms with E-state index >= 15 is 0 Å². The molecule has 0 amide bonds. The summed E-state index contributed by atoms with van der Waals surface area (Å²) in [4.78, 5) is 11.2. The van der Waals surface area contributed by atoms with Crippen molar-refractivity contribution in [1.82, 2.24) is 5.32 Å². The largest absolute Gasteiger partial charge is 0.466 e. The molecule has 3 unspecified atom stereocenters. The molecule has 4 heteroatoms. The molecule has 1 rings (SSSR count). The molecule has 1 aliphatic rings. The average molecular weight is 271 g/mol. The Bertz CT molecular complexity index is 283. The standard InChI is InChI=1S/C15H29NO3/c1-5-15(4)12(11-13(15)18-6-2)16-10-8-9-14(17)19-7-3/h12-13,16H,5-11H2,1-4H3. The molecular formula is C15H29NO3. The van der Waals surface area contributed by atoms with Crippen molar-refractivity contribution in [2.24, 2.45) is 5.41 Å². The molecule has 0 spiro atoms. The average Bonchev–Trinajstić information content (AvgIpc) is 2.40. The zero-order valence-corrected chi connectivity index (χ0v) is 12.8. The van der Waals surface area contributed by atoms with Crippen molar-refractivity contribution < 1.29 is 14.3 Å². The van der Waals surface area contributed by atoms with Gasteiger partial charge in [0.1, 0.15) is 0 Å². The molecule has 3 atom stereocenters. The van der Waals surface area contributed by atoms with Crippen LogP contribution in [0.4, 0.5) is 0 Å². The van der Waals surface area contributed by atoms with Crippen LogP contribution in [0, 0.1) is 5.41 Å². The van der Waals surface area contributed by atoms with Gasteiger partial charge in [-0.2, -0.15) is 0 Å². The number of carbonyl (C=O) groups excluding carboxylic acids is 1. The van der Waals surface area contributed by atoms with Gasteiger partial charge >= 0.3 is 5.97 Å². The van der Waals surface area contributed by atoms with Gasteiger partial charge in [0.2, 0.25) is 0 Å². The molecule has 0 aromatic heterocycles. The first kappa shape index (κ1) is 16.4. The molecule has 1 N–H and O–H groups in total. The molecule has 0 saturated heterocycles. The molecule has 19 heavy (non-hydrogen) atoms. The lowest BCUT2D eigenvalue weighted by atomic mass is 9.61. The molecule has 4 nitrogen and oxygen atoms in total. The van der Waals surface area contributed by atoms with Crippen molar-refractivity contribution in [3.8, 4) is 0 Å². The zero-order chi connectivity index (χ0) is 14.3. The predicted octanol–water partition coefficient (Wildman–Crippen LogP) is 2.51. The van der Waals surface area contributed by atoms with E-state index in [-0.39, 0.29) is 11.4 Å². The van der Waals surface area contributed by atoms with Crippen LogP contribution in [0.5, 0.6) is 0 Å². The van der Waals surface area contributed by atoms with Gasteiger partial charge in [0.05, 0.1) is 12.7 Å². The highest BCUT2D eigenvalue weighted by atomic mass is 16.5. The number of ether oxygens (including phenoxy) is 2. The zero-order valence-electron chi connectivity index (χ0n) is 12.8. The smallest absolute Gasteiger partial charge is 0.305 e. The maximum Gasteiger partial charge on any atom is 0.305 e. The van der Waals surface area contributed by atoms with Crippen molar-refractivity contribution >= 4 is 5.97 Å². The van der Waals surface area contributed by atoms with Crippen LogP contribution in [0.25, 0.3) is 0 Å². The molecule has 0 aromatic rings. The van der Waals surface area contributed by atoms with Gasteiger partial charge in [0.25, 0.3) is 0 Å². The minimum atomic E-state index is -0.0941. The number of carbonyl (C=O) groups is 1. The van der Waals surface area contributed by atoms with Gasteiger partial charge < -0.3 is 14.8 Å². The first-order chi connectivity index (χ1) is 9.08. The van der Waals surface area contributed by atoms with Gasteiger partial charge in [-0.15, -0.1) is 0 Å². The van der Waals surface area contributed by atoms with Gasteiger partial charge in [-0.3, -0.25) is 4.79 Å². The first-order valence-electron chi connectivity index (χ1n) is 7.59. The molecule has 0 aromatic carbocycles.